The van der Waals surface area contributed by atoms with Gasteiger partial charge in [0.15, 0.2) is 0 Å². The molecule has 0 amide bonds. The Morgan fingerprint density at radius 2 is 1.08 bits per heavy atom. The fraction of sp³-hybridized carbons (Fsp3) is 0.700. The van der Waals surface area contributed by atoms with Gasteiger partial charge in [-0.2, -0.15) is 0 Å². The van der Waals surface area contributed by atoms with Crippen LogP contribution in [0.3, 0.4) is 0 Å². The number of aliphatic hydroxyl groups excluding tert-OH is 2. The normalized spacial score (nSPS) is 28.8. The molecule has 6 aliphatic rings. The van der Waals surface area contributed by atoms with Crippen LogP contribution in [-0.4, -0.2) is 36.0 Å². The molecule has 0 spiro atoms. The molecule has 2 aromatic carbocycles. The molecular weight excluding hydrogens is 785 g/mol. The van der Waals surface area contributed by atoms with Crippen molar-refractivity contribution in [3.05, 3.63) is 80.9 Å². The molecule has 4 saturated carbocycles. The molecule has 8 unspecified atom stereocenters. The van der Waals surface area contributed by atoms with Crippen LogP contribution in [0.1, 0.15) is 206 Å². The topological polar surface area (TPSA) is 74.6 Å². The molecule has 0 bridgehead atoms. The predicted octanol–water partition coefficient (Wildman–Crippen LogP) is 14.7. The van der Waals surface area contributed by atoms with Crippen molar-refractivity contribution in [3.63, 3.8) is 0 Å². The summed E-state index contributed by atoms with van der Waals surface area (Å²) in [5, 5.41) is 18.3. The molecule has 0 aliphatic heterocycles. The van der Waals surface area contributed by atoms with Crippen molar-refractivity contribution in [2.24, 2.45) is 58.2 Å². The van der Waals surface area contributed by atoms with E-state index in [9.17, 15) is 9.59 Å². The van der Waals surface area contributed by atoms with Crippen molar-refractivity contribution in [2.75, 3.05) is 13.2 Å². The highest BCUT2D eigenvalue weighted by Gasteiger charge is 2.46. The quantitative estimate of drug-likeness (QED) is 0.184. The predicted molar refractivity (Wildman–Crippen MR) is 271 cm³/mol. The summed E-state index contributed by atoms with van der Waals surface area (Å²) >= 11 is 0. The number of fused-ring (bicyclic) bond motifs is 4. The van der Waals surface area contributed by atoms with Gasteiger partial charge >= 0.3 is 0 Å². The number of hydrogen-bond donors (Lipinski definition) is 2. The van der Waals surface area contributed by atoms with Gasteiger partial charge in [0.2, 0.25) is 0 Å². The summed E-state index contributed by atoms with van der Waals surface area (Å²) in [6, 6.07) is 13.1. The molecule has 0 radical (unpaired) electrons. The molecule has 4 heteroatoms. The highest BCUT2D eigenvalue weighted by Crippen LogP contribution is 2.56. The van der Waals surface area contributed by atoms with Crippen molar-refractivity contribution in [1.29, 1.82) is 0 Å². The zero-order valence-electron chi connectivity index (χ0n) is 42.8. The van der Waals surface area contributed by atoms with Crippen LogP contribution in [0.15, 0.2) is 47.5 Å². The molecule has 0 heterocycles. The van der Waals surface area contributed by atoms with Crippen LogP contribution in [0.5, 0.6) is 0 Å². The molecule has 8 rings (SSSR count). The number of hydrogen-bond acceptors (Lipinski definition) is 4. The number of aliphatic hydroxyl groups is 2. The fourth-order valence-corrected chi connectivity index (χ4v) is 13.4. The lowest BCUT2D eigenvalue weighted by molar-refractivity contribution is -0.105. The smallest absolute Gasteiger partial charge is 0.145 e. The summed E-state index contributed by atoms with van der Waals surface area (Å²) in [6.45, 7) is 27.8. The van der Waals surface area contributed by atoms with Crippen LogP contribution < -0.4 is 0 Å². The van der Waals surface area contributed by atoms with Crippen LogP contribution in [0, 0.1) is 58.2 Å². The van der Waals surface area contributed by atoms with Crippen LogP contribution >= 0.6 is 0 Å². The summed E-state index contributed by atoms with van der Waals surface area (Å²) in [7, 11) is 0. The summed E-state index contributed by atoms with van der Waals surface area (Å²) in [6.07, 6.45) is 27.4. The molecule has 8 atom stereocenters. The average molecular weight is 877 g/mol. The van der Waals surface area contributed by atoms with E-state index in [0.717, 1.165) is 76.8 Å². The highest BCUT2D eigenvalue weighted by atomic mass is 16.3. The first-order valence-corrected chi connectivity index (χ1v) is 25.9. The third-order valence-electron chi connectivity index (χ3n) is 17.5. The Hall–Kier alpha value is -2.82. The first kappa shape index (κ1) is 52.2. The summed E-state index contributed by atoms with van der Waals surface area (Å²) in [5.41, 5.74) is 11.4. The molecular formula is C60H92O4. The Kier molecular flexibility index (Phi) is 18.2. The van der Waals surface area contributed by atoms with Gasteiger partial charge in [-0.15, -0.1) is 0 Å². The SMILES string of the molecule is C/C(C=O)=C\c1ccc2c(c1)C(C)(C)CC2.C/C(C=O)=C\c1ccc2c(c1)CCC2(C)C.CC(CO)CC1CCC2C(CCC2(C)C)C1.CC(CO)CC1CCC2CCC(C)(C)C2C1. The van der Waals surface area contributed by atoms with Gasteiger partial charge in [0.1, 0.15) is 12.6 Å². The zero-order chi connectivity index (χ0) is 47.0. The van der Waals surface area contributed by atoms with Crippen molar-refractivity contribution in [3.8, 4) is 0 Å². The third-order valence-corrected chi connectivity index (χ3v) is 17.5. The van der Waals surface area contributed by atoms with Gasteiger partial charge in [-0.3, -0.25) is 9.59 Å². The number of benzene rings is 2. The maximum atomic E-state index is 10.6. The van der Waals surface area contributed by atoms with E-state index in [2.05, 4.69) is 106 Å². The minimum atomic E-state index is 0.286. The maximum absolute atomic E-state index is 10.6. The van der Waals surface area contributed by atoms with E-state index in [4.69, 9.17) is 10.2 Å². The first-order chi connectivity index (χ1) is 30.1. The Labute approximate surface area is 392 Å². The second kappa shape index (κ2) is 22.3. The first-order valence-electron chi connectivity index (χ1n) is 25.9. The molecule has 0 aromatic heterocycles. The van der Waals surface area contributed by atoms with E-state index in [1.807, 2.05) is 26.0 Å². The zero-order valence-corrected chi connectivity index (χ0v) is 42.8. The highest BCUT2D eigenvalue weighted by molar-refractivity contribution is 5.81. The van der Waals surface area contributed by atoms with Crippen LogP contribution in [0.25, 0.3) is 12.2 Å². The van der Waals surface area contributed by atoms with E-state index in [1.54, 1.807) is 0 Å². The molecule has 64 heavy (non-hydrogen) atoms. The molecule has 6 aliphatic carbocycles. The van der Waals surface area contributed by atoms with E-state index >= 15 is 0 Å². The van der Waals surface area contributed by atoms with E-state index in [-0.39, 0.29) is 5.41 Å². The number of allylic oxidation sites excluding steroid dienone is 2. The van der Waals surface area contributed by atoms with Crippen LogP contribution in [0.2, 0.25) is 0 Å². The molecule has 356 valence electrons. The lowest BCUT2D eigenvalue weighted by Gasteiger charge is -2.39. The number of carbonyl (C=O) groups is 2. The van der Waals surface area contributed by atoms with Gasteiger partial charge < -0.3 is 10.2 Å². The van der Waals surface area contributed by atoms with Crippen molar-refractivity contribution >= 4 is 24.7 Å². The number of rotatable bonds is 10. The molecule has 4 nitrogen and oxygen atoms in total. The third kappa shape index (κ3) is 13.6. The van der Waals surface area contributed by atoms with Gasteiger partial charge in [0.05, 0.1) is 0 Å². The second-order valence-electron chi connectivity index (χ2n) is 24.8. The molecule has 2 aromatic rings. The van der Waals surface area contributed by atoms with Crippen molar-refractivity contribution < 1.29 is 19.8 Å². The molecule has 0 saturated heterocycles. The van der Waals surface area contributed by atoms with Gasteiger partial charge in [-0.25, -0.2) is 0 Å². The fourth-order valence-electron chi connectivity index (χ4n) is 13.4. The lowest BCUT2D eigenvalue weighted by atomic mass is 9.67. The minimum Gasteiger partial charge on any atom is -0.396 e. The van der Waals surface area contributed by atoms with Gasteiger partial charge in [-0.1, -0.05) is 118 Å². The largest absolute Gasteiger partial charge is 0.396 e. The van der Waals surface area contributed by atoms with Crippen molar-refractivity contribution in [1.82, 2.24) is 0 Å². The number of aryl methyl sites for hydroxylation is 2. The summed E-state index contributed by atoms with van der Waals surface area (Å²) in [4.78, 5) is 21.2. The summed E-state index contributed by atoms with van der Waals surface area (Å²) < 4.78 is 0. The van der Waals surface area contributed by atoms with E-state index in [0.29, 0.717) is 41.3 Å². The number of carbonyl (C=O) groups excluding carboxylic acids is 2. The Morgan fingerprint density at radius 1 is 0.578 bits per heavy atom. The van der Waals surface area contributed by atoms with Gasteiger partial charge in [0.25, 0.3) is 0 Å². The second-order valence-corrected chi connectivity index (χ2v) is 24.8. The molecule has 4 fully saturated rings. The average Bonchev–Trinajstić information content (AvgIpc) is 3.95. The Balaban J connectivity index is 0.000000161. The molecule has 2 N–H and O–H groups in total. The van der Waals surface area contributed by atoms with E-state index < -0.39 is 0 Å². The van der Waals surface area contributed by atoms with Crippen LogP contribution in [-0.2, 0) is 33.3 Å². The van der Waals surface area contributed by atoms with Crippen LogP contribution in [0.4, 0.5) is 0 Å². The number of aldehydes is 2. The maximum Gasteiger partial charge on any atom is 0.145 e. The Morgan fingerprint density at radius 3 is 1.67 bits per heavy atom. The lowest BCUT2D eigenvalue weighted by Crippen LogP contribution is -2.30. The summed E-state index contributed by atoms with van der Waals surface area (Å²) in [5.74, 6) is 6.79. The van der Waals surface area contributed by atoms with Crippen molar-refractivity contribution in [2.45, 2.75) is 197 Å². The monoisotopic (exact) mass is 877 g/mol. The van der Waals surface area contributed by atoms with Gasteiger partial charge in [0, 0.05) is 13.2 Å². The Bertz CT molecular complexity index is 1910. The van der Waals surface area contributed by atoms with Gasteiger partial charge in [-0.05, 0) is 229 Å². The van der Waals surface area contributed by atoms with E-state index in [1.165, 1.54) is 119 Å². The standard InChI is InChI=1S/C15H28O.C15H18O.C15H28O.C15H18O/c2*1-11(10-16)8-12-4-5-14-13(9-12)6-7-15(14,2)3;2*1-11(10-16)8-12-4-5-13-6-7-15(2,3)14(13)9-12/h11-14,16H,4-10H2,1-3H3;4-5,8-10H,6-7H2,1-3H3;11-14,16H,4-10H2,1-3H3;4-5,8-10H,6-7H2,1-3H3/b;11-8+;;11-8+. The minimum absolute atomic E-state index is 0.286.